The third-order valence-corrected chi connectivity index (χ3v) is 3.74. The van der Waals surface area contributed by atoms with Gasteiger partial charge in [-0.15, -0.1) is 0 Å². The van der Waals surface area contributed by atoms with Gasteiger partial charge >= 0.3 is 0 Å². The van der Waals surface area contributed by atoms with Crippen LogP contribution in [0.3, 0.4) is 0 Å². The van der Waals surface area contributed by atoms with E-state index in [-0.39, 0.29) is 0 Å². The van der Waals surface area contributed by atoms with E-state index in [9.17, 15) is 0 Å². The summed E-state index contributed by atoms with van der Waals surface area (Å²) < 4.78 is 10.9. The van der Waals surface area contributed by atoms with Crippen LogP contribution in [0.1, 0.15) is 26.2 Å². The number of hydrogen-bond donors (Lipinski definition) is 1. The van der Waals surface area contributed by atoms with Gasteiger partial charge in [0.25, 0.3) is 0 Å². The topological polar surface area (TPSA) is 44.6 Å². The highest BCUT2D eigenvalue weighted by molar-refractivity contribution is 5.54. The second-order valence-electron chi connectivity index (χ2n) is 5.13. The normalized spacial score (nSPS) is 15.9. The smallest absolute Gasteiger partial charge is 0.162 e. The van der Waals surface area contributed by atoms with E-state index in [4.69, 9.17) is 9.47 Å². The third kappa shape index (κ3) is 4.30. The average molecular weight is 277 g/mol. The summed E-state index contributed by atoms with van der Waals surface area (Å²) in [6, 6.07) is 6.01. The molecule has 0 spiro atoms. The van der Waals surface area contributed by atoms with Crippen molar-refractivity contribution in [1.29, 1.82) is 0 Å². The number of nitrogens with one attached hydrogen (secondary N) is 1. The van der Waals surface area contributed by atoms with Crippen LogP contribution in [0.5, 0.6) is 11.5 Å². The summed E-state index contributed by atoms with van der Waals surface area (Å²) in [6.07, 6.45) is 3.70. The maximum atomic E-state index is 5.52. The van der Waals surface area contributed by atoms with E-state index in [2.05, 4.69) is 10.6 Å². The fourth-order valence-corrected chi connectivity index (χ4v) is 2.57. The van der Waals surface area contributed by atoms with Crippen molar-refractivity contribution >= 4 is 5.69 Å². The third-order valence-electron chi connectivity index (χ3n) is 3.74. The zero-order valence-electron chi connectivity index (χ0n) is 12.5. The number of anilines is 1. The van der Waals surface area contributed by atoms with Crippen molar-refractivity contribution in [2.24, 2.45) is 5.92 Å². The Hall–Kier alpha value is -1.42. The second-order valence-corrected chi connectivity index (χ2v) is 5.13. The van der Waals surface area contributed by atoms with Crippen LogP contribution in [0, 0.1) is 5.92 Å². The van der Waals surface area contributed by atoms with Gasteiger partial charge in [-0.3, -0.25) is 0 Å². The van der Waals surface area contributed by atoms with Crippen molar-refractivity contribution in [2.45, 2.75) is 26.2 Å². The van der Waals surface area contributed by atoms with E-state index in [0.29, 0.717) is 6.61 Å². The Labute approximate surface area is 121 Å². The maximum Gasteiger partial charge on any atom is 0.162 e. The van der Waals surface area contributed by atoms with Gasteiger partial charge in [-0.2, -0.15) is 0 Å². The first-order chi connectivity index (χ1) is 9.83. The highest BCUT2D eigenvalue weighted by Gasteiger charge is 2.13. The van der Waals surface area contributed by atoms with Crippen molar-refractivity contribution in [1.82, 2.24) is 5.32 Å². The van der Waals surface area contributed by atoms with Crippen LogP contribution < -0.4 is 20.1 Å². The van der Waals surface area contributed by atoms with Gasteiger partial charge in [0.2, 0.25) is 0 Å². The Balaban J connectivity index is 1.82. The van der Waals surface area contributed by atoms with Gasteiger partial charge in [-0.05, 0) is 44.2 Å². The molecule has 4 nitrogen and oxygen atoms in total. The Morgan fingerprint density at radius 3 is 2.75 bits per heavy atom. The first-order valence-corrected chi connectivity index (χ1v) is 7.51. The van der Waals surface area contributed by atoms with Crippen molar-refractivity contribution in [3.63, 3.8) is 0 Å². The number of methoxy groups -OCH3 is 1. The molecule has 1 aliphatic heterocycles. The van der Waals surface area contributed by atoms with Gasteiger partial charge in [0.15, 0.2) is 11.5 Å². The molecule has 1 saturated heterocycles. The molecule has 111 valence electrons. The molecule has 20 heavy (non-hydrogen) atoms. The Morgan fingerprint density at radius 1 is 1.25 bits per heavy atom. The molecule has 1 fully saturated rings. The lowest BCUT2D eigenvalue weighted by Crippen LogP contribution is -2.23. The molecule has 0 bridgehead atoms. The molecule has 2 rings (SSSR count). The van der Waals surface area contributed by atoms with Gasteiger partial charge in [0.05, 0.1) is 13.7 Å². The number of ether oxygens (including phenoxy) is 2. The number of hydrogen-bond acceptors (Lipinski definition) is 3. The summed E-state index contributed by atoms with van der Waals surface area (Å²) in [5, 5.41) is 7.86. The lowest BCUT2D eigenvalue weighted by atomic mass is 9.95. The van der Waals surface area contributed by atoms with Crippen LogP contribution in [0.2, 0.25) is 0 Å². The van der Waals surface area contributed by atoms with Crippen LogP contribution >= 0.6 is 0 Å². The highest BCUT2D eigenvalue weighted by Crippen LogP contribution is 2.30. The lowest BCUT2D eigenvalue weighted by Gasteiger charge is -2.21. The van der Waals surface area contributed by atoms with Gasteiger partial charge < -0.3 is 14.8 Å². The molecule has 0 aliphatic carbocycles. The molecular formula is C16H25N2O2. The molecule has 1 radical (unpaired) electrons. The van der Waals surface area contributed by atoms with Gasteiger partial charge in [0, 0.05) is 31.4 Å². The minimum atomic E-state index is 0.649. The number of benzene rings is 1. The summed E-state index contributed by atoms with van der Waals surface area (Å²) in [5.41, 5.74) is 1.09. The number of piperidine rings is 1. The second kappa shape index (κ2) is 8.00. The Bertz CT molecular complexity index is 403. The first-order valence-electron chi connectivity index (χ1n) is 7.51. The quantitative estimate of drug-likeness (QED) is 0.833. The Kier molecular flexibility index (Phi) is 5.99. The van der Waals surface area contributed by atoms with Crippen LogP contribution in [0.25, 0.3) is 0 Å². The molecule has 0 saturated carbocycles. The van der Waals surface area contributed by atoms with Crippen LogP contribution in [0.15, 0.2) is 18.2 Å². The fraction of sp³-hybridized carbons (Fsp3) is 0.625. The van der Waals surface area contributed by atoms with E-state index >= 15 is 0 Å². The minimum Gasteiger partial charge on any atom is -0.493 e. The lowest BCUT2D eigenvalue weighted by molar-refractivity contribution is 0.311. The van der Waals surface area contributed by atoms with Crippen LogP contribution in [0.4, 0.5) is 5.69 Å². The van der Waals surface area contributed by atoms with E-state index in [0.717, 1.165) is 42.7 Å². The molecular weight excluding hydrogens is 252 g/mol. The summed E-state index contributed by atoms with van der Waals surface area (Å²) in [6.45, 7) is 5.71. The molecule has 1 aliphatic rings. The first kappa shape index (κ1) is 15.0. The summed E-state index contributed by atoms with van der Waals surface area (Å²) >= 11 is 0. The standard InChI is InChI=1S/C16H25N2O2/c1-3-20-15-5-4-14(12-16(15)19-2)18-11-8-13-6-9-17-10-7-13/h4-5,12-13,18H,3,6-11H2,1-2H3. The molecule has 1 N–H and O–H groups in total. The fourth-order valence-electron chi connectivity index (χ4n) is 2.57. The number of nitrogens with zero attached hydrogens (tertiary/aromatic N) is 1. The van der Waals surface area contributed by atoms with Crippen molar-refractivity contribution < 1.29 is 9.47 Å². The van der Waals surface area contributed by atoms with Gasteiger partial charge in [-0.1, -0.05) is 0 Å². The SMILES string of the molecule is CCOc1ccc(NCCC2CC[N]CC2)cc1OC. The summed E-state index contributed by atoms with van der Waals surface area (Å²) in [7, 11) is 1.67. The van der Waals surface area contributed by atoms with Crippen molar-refractivity contribution in [2.75, 3.05) is 38.7 Å². The molecule has 1 heterocycles. The molecule has 1 aromatic carbocycles. The van der Waals surface area contributed by atoms with E-state index in [1.807, 2.05) is 25.1 Å². The predicted molar refractivity (Wildman–Crippen MR) is 81.9 cm³/mol. The predicted octanol–water partition coefficient (Wildman–Crippen LogP) is 2.91. The van der Waals surface area contributed by atoms with Crippen LogP contribution in [-0.2, 0) is 0 Å². The zero-order valence-corrected chi connectivity index (χ0v) is 12.5. The number of rotatable bonds is 7. The monoisotopic (exact) mass is 277 g/mol. The minimum absolute atomic E-state index is 0.649. The molecule has 0 amide bonds. The van der Waals surface area contributed by atoms with Gasteiger partial charge in [0.1, 0.15) is 0 Å². The van der Waals surface area contributed by atoms with Crippen molar-refractivity contribution in [3.8, 4) is 11.5 Å². The van der Waals surface area contributed by atoms with E-state index in [1.165, 1.54) is 19.3 Å². The molecule has 0 aromatic heterocycles. The summed E-state index contributed by atoms with van der Waals surface area (Å²) in [4.78, 5) is 0. The average Bonchev–Trinajstić information content (AvgIpc) is 2.50. The summed E-state index contributed by atoms with van der Waals surface area (Å²) in [5.74, 6) is 2.41. The van der Waals surface area contributed by atoms with Crippen LogP contribution in [-0.4, -0.2) is 33.4 Å². The van der Waals surface area contributed by atoms with Crippen molar-refractivity contribution in [3.05, 3.63) is 18.2 Å². The molecule has 1 aromatic rings. The molecule has 4 heteroatoms. The molecule has 0 unspecified atom stereocenters. The zero-order chi connectivity index (χ0) is 14.2. The maximum absolute atomic E-state index is 5.52. The van der Waals surface area contributed by atoms with E-state index < -0.39 is 0 Å². The molecule has 0 atom stereocenters. The van der Waals surface area contributed by atoms with Gasteiger partial charge in [-0.25, -0.2) is 5.32 Å². The highest BCUT2D eigenvalue weighted by atomic mass is 16.5. The largest absolute Gasteiger partial charge is 0.493 e. The Morgan fingerprint density at radius 2 is 2.05 bits per heavy atom. The van der Waals surface area contributed by atoms with E-state index in [1.54, 1.807) is 7.11 Å².